The maximum atomic E-state index is 13.1. The van der Waals surface area contributed by atoms with Gasteiger partial charge in [-0.15, -0.1) is 0 Å². The molecule has 0 radical (unpaired) electrons. The van der Waals surface area contributed by atoms with E-state index in [1.807, 2.05) is 49.4 Å². The summed E-state index contributed by atoms with van der Waals surface area (Å²) < 4.78 is 6.33. The largest absolute Gasteiger partial charge is 0.494 e. The van der Waals surface area contributed by atoms with Gasteiger partial charge in [-0.05, 0) is 88.8 Å². The van der Waals surface area contributed by atoms with Gasteiger partial charge in [0.2, 0.25) is 0 Å². The lowest BCUT2D eigenvalue weighted by Gasteiger charge is -2.13. The van der Waals surface area contributed by atoms with E-state index in [-0.39, 0.29) is 11.8 Å². The standard InChI is InChI=1S/C26H21IN2O3/c1-2-32-20-13-11-19(12-14-20)28-26(31)23-16-18(27)10-15-24(23)29-25(30)22-9-5-7-17-6-3-4-8-21(17)22/h3-16H,2H2,1H3,(H,28,31)(H,29,30). The molecule has 160 valence electrons. The fourth-order valence-corrected chi connectivity index (χ4v) is 3.92. The topological polar surface area (TPSA) is 67.4 Å². The number of hydrogen-bond donors (Lipinski definition) is 2. The minimum absolute atomic E-state index is 0.266. The molecule has 6 heteroatoms. The number of halogens is 1. The summed E-state index contributed by atoms with van der Waals surface area (Å²) in [5.41, 5.74) is 2.04. The van der Waals surface area contributed by atoms with E-state index < -0.39 is 0 Å². The Bertz CT molecular complexity index is 1280. The lowest BCUT2D eigenvalue weighted by molar-refractivity contribution is 0.102. The Kier molecular flexibility index (Phi) is 6.70. The van der Waals surface area contributed by atoms with Gasteiger partial charge in [0.05, 0.1) is 17.9 Å². The average molecular weight is 536 g/mol. The van der Waals surface area contributed by atoms with E-state index in [1.165, 1.54) is 0 Å². The molecule has 32 heavy (non-hydrogen) atoms. The maximum absolute atomic E-state index is 13.1. The minimum atomic E-state index is -0.305. The van der Waals surface area contributed by atoms with Crippen LogP contribution in [0.4, 0.5) is 11.4 Å². The Balaban J connectivity index is 1.59. The van der Waals surface area contributed by atoms with Gasteiger partial charge < -0.3 is 15.4 Å². The highest BCUT2D eigenvalue weighted by atomic mass is 127. The predicted molar refractivity (Wildman–Crippen MR) is 137 cm³/mol. The molecule has 0 aliphatic carbocycles. The lowest BCUT2D eigenvalue weighted by Crippen LogP contribution is -2.18. The lowest BCUT2D eigenvalue weighted by atomic mass is 10.0. The number of rotatable bonds is 6. The van der Waals surface area contributed by atoms with Crippen LogP contribution in [0.15, 0.2) is 84.9 Å². The van der Waals surface area contributed by atoms with Crippen LogP contribution in [-0.4, -0.2) is 18.4 Å². The van der Waals surface area contributed by atoms with Crippen LogP contribution >= 0.6 is 22.6 Å². The average Bonchev–Trinajstić information content (AvgIpc) is 2.81. The van der Waals surface area contributed by atoms with Gasteiger partial charge in [-0.2, -0.15) is 0 Å². The fourth-order valence-electron chi connectivity index (χ4n) is 3.43. The van der Waals surface area contributed by atoms with E-state index >= 15 is 0 Å². The molecule has 0 atom stereocenters. The van der Waals surface area contributed by atoms with Crippen molar-refractivity contribution in [3.05, 3.63) is 99.6 Å². The summed E-state index contributed by atoms with van der Waals surface area (Å²) in [6.45, 7) is 2.49. The second-order valence-corrected chi connectivity index (χ2v) is 8.33. The predicted octanol–water partition coefficient (Wildman–Crippen LogP) is 6.35. The first-order valence-electron chi connectivity index (χ1n) is 10.2. The molecule has 4 rings (SSSR count). The summed E-state index contributed by atoms with van der Waals surface area (Å²) in [5, 5.41) is 7.65. The second kappa shape index (κ2) is 9.82. The molecule has 0 aliphatic heterocycles. The van der Waals surface area contributed by atoms with Gasteiger partial charge in [0.1, 0.15) is 5.75 Å². The van der Waals surface area contributed by atoms with E-state index in [2.05, 4.69) is 33.2 Å². The Morgan fingerprint density at radius 1 is 0.812 bits per heavy atom. The third-order valence-electron chi connectivity index (χ3n) is 4.93. The number of anilines is 2. The maximum Gasteiger partial charge on any atom is 0.257 e. The molecule has 0 fully saturated rings. The number of benzene rings is 4. The molecular weight excluding hydrogens is 515 g/mol. The van der Waals surface area contributed by atoms with E-state index in [0.29, 0.717) is 29.1 Å². The number of carbonyl (C=O) groups excluding carboxylic acids is 2. The van der Waals surface area contributed by atoms with Gasteiger partial charge in [-0.25, -0.2) is 0 Å². The molecule has 4 aromatic carbocycles. The number of hydrogen-bond acceptors (Lipinski definition) is 3. The third kappa shape index (κ3) is 4.91. The van der Waals surface area contributed by atoms with E-state index in [4.69, 9.17) is 4.74 Å². The molecule has 0 aromatic heterocycles. The van der Waals surface area contributed by atoms with E-state index in [9.17, 15) is 9.59 Å². The fraction of sp³-hybridized carbons (Fsp3) is 0.0769. The number of ether oxygens (including phenoxy) is 1. The molecule has 0 spiro atoms. The van der Waals surface area contributed by atoms with Crippen LogP contribution < -0.4 is 15.4 Å². The highest BCUT2D eigenvalue weighted by Gasteiger charge is 2.17. The van der Waals surface area contributed by atoms with Crippen molar-refractivity contribution in [3.8, 4) is 5.75 Å². The molecular formula is C26H21IN2O3. The van der Waals surface area contributed by atoms with Crippen LogP contribution in [0.2, 0.25) is 0 Å². The summed E-state index contributed by atoms with van der Waals surface area (Å²) in [6.07, 6.45) is 0. The summed E-state index contributed by atoms with van der Waals surface area (Å²) in [4.78, 5) is 26.1. The van der Waals surface area contributed by atoms with Crippen LogP contribution in [0.1, 0.15) is 27.6 Å². The molecule has 2 N–H and O–H groups in total. The van der Waals surface area contributed by atoms with Crippen molar-refractivity contribution in [1.29, 1.82) is 0 Å². The Labute approximate surface area is 199 Å². The summed E-state index contributed by atoms with van der Waals surface area (Å²) in [5.74, 6) is 0.168. The smallest absolute Gasteiger partial charge is 0.257 e. The Morgan fingerprint density at radius 2 is 1.53 bits per heavy atom. The molecule has 2 amide bonds. The van der Waals surface area contributed by atoms with Crippen molar-refractivity contribution in [3.63, 3.8) is 0 Å². The van der Waals surface area contributed by atoms with Gasteiger partial charge in [0, 0.05) is 14.8 Å². The van der Waals surface area contributed by atoms with Crippen LogP contribution in [0, 0.1) is 3.57 Å². The zero-order chi connectivity index (χ0) is 22.5. The SMILES string of the molecule is CCOc1ccc(NC(=O)c2cc(I)ccc2NC(=O)c2cccc3ccccc23)cc1. The van der Waals surface area contributed by atoms with Gasteiger partial charge in [0.25, 0.3) is 11.8 Å². The molecule has 0 heterocycles. The molecule has 4 aromatic rings. The number of carbonyl (C=O) groups is 2. The number of fused-ring (bicyclic) bond motifs is 1. The van der Waals surface area contributed by atoms with Crippen molar-refractivity contribution in [2.45, 2.75) is 6.92 Å². The zero-order valence-electron chi connectivity index (χ0n) is 17.4. The van der Waals surface area contributed by atoms with Crippen molar-refractivity contribution in [2.24, 2.45) is 0 Å². The van der Waals surface area contributed by atoms with E-state index in [1.54, 1.807) is 42.5 Å². The van der Waals surface area contributed by atoms with Gasteiger partial charge >= 0.3 is 0 Å². The number of nitrogens with one attached hydrogen (secondary N) is 2. The number of amides is 2. The third-order valence-corrected chi connectivity index (χ3v) is 5.60. The summed E-state index contributed by atoms with van der Waals surface area (Å²) in [6, 6.07) is 25.8. The first-order valence-corrected chi connectivity index (χ1v) is 11.3. The summed E-state index contributed by atoms with van der Waals surface area (Å²) in [7, 11) is 0. The van der Waals surface area contributed by atoms with Gasteiger partial charge in [0.15, 0.2) is 0 Å². The first-order chi connectivity index (χ1) is 15.5. The molecule has 0 unspecified atom stereocenters. The quantitative estimate of drug-likeness (QED) is 0.283. The zero-order valence-corrected chi connectivity index (χ0v) is 19.6. The monoisotopic (exact) mass is 536 g/mol. The highest BCUT2D eigenvalue weighted by Crippen LogP contribution is 2.24. The second-order valence-electron chi connectivity index (χ2n) is 7.08. The highest BCUT2D eigenvalue weighted by molar-refractivity contribution is 14.1. The normalized spacial score (nSPS) is 10.6. The van der Waals surface area contributed by atoms with Crippen LogP contribution in [-0.2, 0) is 0 Å². The van der Waals surface area contributed by atoms with Crippen molar-refractivity contribution in [2.75, 3.05) is 17.2 Å². The van der Waals surface area contributed by atoms with Gasteiger partial charge in [-0.3, -0.25) is 9.59 Å². The molecule has 0 saturated carbocycles. The van der Waals surface area contributed by atoms with Crippen LogP contribution in [0.25, 0.3) is 10.8 Å². The molecule has 0 bridgehead atoms. The molecule has 0 aliphatic rings. The van der Waals surface area contributed by atoms with Crippen molar-refractivity contribution in [1.82, 2.24) is 0 Å². The van der Waals surface area contributed by atoms with E-state index in [0.717, 1.165) is 20.1 Å². The van der Waals surface area contributed by atoms with Crippen LogP contribution in [0.3, 0.4) is 0 Å². The van der Waals surface area contributed by atoms with Crippen molar-refractivity contribution < 1.29 is 14.3 Å². The molecule has 0 saturated heterocycles. The first kappa shape index (κ1) is 21.8. The van der Waals surface area contributed by atoms with Gasteiger partial charge in [-0.1, -0.05) is 36.4 Å². The van der Waals surface area contributed by atoms with Crippen molar-refractivity contribution >= 4 is 56.6 Å². The Morgan fingerprint density at radius 3 is 2.31 bits per heavy atom. The molecule has 5 nitrogen and oxygen atoms in total. The minimum Gasteiger partial charge on any atom is -0.494 e. The van der Waals surface area contributed by atoms with Crippen LogP contribution in [0.5, 0.6) is 5.75 Å². The Hall–Kier alpha value is -3.39. The summed E-state index contributed by atoms with van der Waals surface area (Å²) >= 11 is 2.15.